The summed E-state index contributed by atoms with van der Waals surface area (Å²) in [5, 5.41) is 13.2. The van der Waals surface area contributed by atoms with Gasteiger partial charge < -0.3 is 10.4 Å². The molecule has 0 bridgehead atoms. The summed E-state index contributed by atoms with van der Waals surface area (Å²) in [7, 11) is 0. The molecule has 1 aliphatic heterocycles. The molecule has 0 amide bonds. The number of nitrogens with one attached hydrogen (secondary N) is 1. The minimum atomic E-state index is -0.777. The number of aliphatic hydroxyl groups is 1. The van der Waals surface area contributed by atoms with Gasteiger partial charge in [0.1, 0.15) is 5.82 Å². The fraction of sp³-hybridized carbons (Fsp3) is 0.571. The lowest BCUT2D eigenvalue weighted by atomic mass is 10.1. The van der Waals surface area contributed by atoms with Crippen molar-refractivity contribution in [3.8, 4) is 0 Å². The Bertz CT molecular complexity index is 393. The zero-order valence-corrected chi connectivity index (χ0v) is 11.5. The van der Waals surface area contributed by atoms with Crippen molar-refractivity contribution in [1.82, 2.24) is 5.32 Å². The van der Waals surface area contributed by atoms with Crippen molar-refractivity contribution < 1.29 is 9.50 Å². The van der Waals surface area contributed by atoms with Crippen molar-refractivity contribution in [1.29, 1.82) is 0 Å². The molecule has 18 heavy (non-hydrogen) atoms. The zero-order chi connectivity index (χ0) is 13.0. The van der Waals surface area contributed by atoms with Crippen LogP contribution in [0.3, 0.4) is 0 Å². The van der Waals surface area contributed by atoms with Crippen LogP contribution in [-0.4, -0.2) is 28.7 Å². The molecule has 2 N–H and O–H groups in total. The van der Waals surface area contributed by atoms with Gasteiger partial charge in [0.2, 0.25) is 0 Å². The second kappa shape index (κ2) is 6.04. The van der Waals surface area contributed by atoms with Gasteiger partial charge in [0.05, 0.1) is 6.10 Å². The van der Waals surface area contributed by atoms with E-state index in [1.54, 1.807) is 18.2 Å². The lowest BCUT2D eigenvalue weighted by molar-refractivity contribution is 0.169. The molecule has 100 valence electrons. The minimum Gasteiger partial charge on any atom is -0.387 e. The average molecular weight is 269 g/mol. The zero-order valence-electron chi connectivity index (χ0n) is 10.7. The van der Waals surface area contributed by atoms with Crippen LogP contribution >= 0.6 is 11.8 Å². The molecule has 0 spiro atoms. The smallest absolute Gasteiger partial charge is 0.129 e. The van der Waals surface area contributed by atoms with Gasteiger partial charge in [-0.3, -0.25) is 0 Å². The third kappa shape index (κ3) is 3.46. The van der Waals surface area contributed by atoms with E-state index >= 15 is 0 Å². The van der Waals surface area contributed by atoms with E-state index in [0.717, 1.165) is 6.54 Å². The lowest BCUT2D eigenvalue weighted by Crippen LogP contribution is -2.35. The van der Waals surface area contributed by atoms with E-state index in [0.29, 0.717) is 12.1 Å². The highest BCUT2D eigenvalue weighted by molar-refractivity contribution is 8.00. The van der Waals surface area contributed by atoms with Gasteiger partial charge >= 0.3 is 0 Å². The third-order valence-corrected chi connectivity index (χ3v) is 4.94. The summed E-state index contributed by atoms with van der Waals surface area (Å²) in [5.74, 6) is 0.877. The van der Waals surface area contributed by atoms with Crippen LogP contribution in [0, 0.1) is 5.82 Å². The number of rotatable bonds is 5. The average Bonchev–Trinajstić information content (AvgIpc) is 2.77. The van der Waals surface area contributed by atoms with Gasteiger partial charge in [-0.05, 0) is 31.6 Å². The fourth-order valence-corrected chi connectivity index (χ4v) is 3.58. The highest BCUT2D eigenvalue weighted by Crippen LogP contribution is 2.37. The molecule has 0 aliphatic carbocycles. The van der Waals surface area contributed by atoms with E-state index in [1.165, 1.54) is 24.7 Å². The van der Waals surface area contributed by atoms with Crippen LogP contribution in [-0.2, 0) is 0 Å². The largest absolute Gasteiger partial charge is 0.387 e. The van der Waals surface area contributed by atoms with E-state index in [-0.39, 0.29) is 10.6 Å². The predicted octanol–water partition coefficient (Wildman–Crippen LogP) is 2.73. The van der Waals surface area contributed by atoms with Crippen LogP contribution in [0.5, 0.6) is 0 Å². The standard InChI is InChI=1S/C14H20FNOS/c1-14(7-4-8-18-14)10-16-9-13(17)11-5-2-3-6-12(11)15/h2-3,5-6,13,16-17H,4,7-10H2,1H3. The van der Waals surface area contributed by atoms with Crippen molar-refractivity contribution in [3.63, 3.8) is 0 Å². The maximum absolute atomic E-state index is 13.5. The van der Waals surface area contributed by atoms with Gasteiger partial charge in [-0.2, -0.15) is 11.8 Å². The first-order chi connectivity index (χ1) is 8.61. The summed E-state index contributed by atoms with van der Waals surface area (Å²) in [5.41, 5.74) is 0.370. The van der Waals surface area contributed by atoms with Crippen molar-refractivity contribution in [2.24, 2.45) is 0 Å². The second-order valence-corrected chi connectivity index (χ2v) is 6.75. The van der Waals surface area contributed by atoms with Crippen LogP contribution < -0.4 is 5.32 Å². The Morgan fingerprint density at radius 1 is 1.50 bits per heavy atom. The summed E-state index contributed by atoms with van der Waals surface area (Å²) in [6.45, 7) is 3.51. The summed E-state index contributed by atoms with van der Waals surface area (Å²) in [6.07, 6.45) is 1.69. The Kier molecular flexibility index (Phi) is 4.65. The molecule has 2 unspecified atom stereocenters. The maximum Gasteiger partial charge on any atom is 0.129 e. The maximum atomic E-state index is 13.5. The van der Waals surface area contributed by atoms with Crippen molar-refractivity contribution in [3.05, 3.63) is 35.6 Å². The first-order valence-corrected chi connectivity index (χ1v) is 7.36. The van der Waals surface area contributed by atoms with Gasteiger partial charge in [0, 0.05) is 23.4 Å². The monoisotopic (exact) mass is 269 g/mol. The Morgan fingerprint density at radius 3 is 2.94 bits per heavy atom. The Balaban J connectivity index is 1.82. The van der Waals surface area contributed by atoms with E-state index in [4.69, 9.17) is 0 Å². The number of aliphatic hydroxyl groups excluding tert-OH is 1. The molecule has 1 aliphatic rings. The SMILES string of the molecule is CC1(CNCC(O)c2ccccc2F)CCCS1. The van der Waals surface area contributed by atoms with Gasteiger partial charge in [-0.15, -0.1) is 0 Å². The van der Waals surface area contributed by atoms with Crippen LogP contribution in [0.4, 0.5) is 4.39 Å². The topological polar surface area (TPSA) is 32.3 Å². The Labute approximate surface area is 112 Å². The number of hydrogen-bond acceptors (Lipinski definition) is 3. The molecule has 1 saturated heterocycles. The second-order valence-electron chi connectivity index (χ2n) is 5.07. The van der Waals surface area contributed by atoms with E-state index in [1.807, 2.05) is 11.8 Å². The fourth-order valence-electron chi connectivity index (χ4n) is 2.30. The predicted molar refractivity (Wildman–Crippen MR) is 74.3 cm³/mol. The van der Waals surface area contributed by atoms with Gasteiger partial charge in [-0.25, -0.2) is 4.39 Å². The van der Waals surface area contributed by atoms with Gasteiger partial charge in [0.15, 0.2) is 0 Å². The molecular weight excluding hydrogens is 249 g/mol. The molecule has 0 radical (unpaired) electrons. The highest BCUT2D eigenvalue weighted by Gasteiger charge is 2.29. The summed E-state index contributed by atoms with van der Waals surface area (Å²) >= 11 is 1.98. The quantitative estimate of drug-likeness (QED) is 0.862. The molecule has 2 atom stereocenters. The van der Waals surface area contributed by atoms with E-state index < -0.39 is 6.10 Å². The molecular formula is C14H20FNOS. The van der Waals surface area contributed by atoms with Crippen LogP contribution in [0.25, 0.3) is 0 Å². The van der Waals surface area contributed by atoms with Gasteiger partial charge in [0.25, 0.3) is 0 Å². The minimum absolute atomic E-state index is 0.273. The van der Waals surface area contributed by atoms with Gasteiger partial charge in [-0.1, -0.05) is 18.2 Å². The van der Waals surface area contributed by atoms with Crippen molar-refractivity contribution in [2.75, 3.05) is 18.8 Å². The van der Waals surface area contributed by atoms with E-state index in [9.17, 15) is 9.50 Å². The van der Waals surface area contributed by atoms with Crippen molar-refractivity contribution >= 4 is 11.8 Å². The number of hydrogen-bond donors (Lipinski definition) is 2. The summed E-state index contributed by atoms with van der Waals surface area (Å²) < 4.78 is 13.7. The number of benzene rings is 1. The highest BCUT2D eigenvalue weighted by atomic mass is 32.2. The lowest BCUT2D eigenvalue weighted by Gasteiger charge is -2.24. The Morgan fingerprint density at radius 2 is 2.28 bits per heavy atom. The normalized spacial score (nSPS) is 25.3. The van der Waals surface area contributed by atoms with Crippen LogP contribution in [0.1, 0.15) is 31.4 Å². The Hall–Kier alpha value is -0.580. The summed E-state index contributed by atoms with van der Waals surface area (Å²) in [4.78, 5) is 0. The van der Waals surface area contributed by atoms with Crippen molar-refractivity contribution in [2.45, 2.75) is 30.6 Å². The molecule has 1 fully saturated rings. The molecule has 0 aromatic heterocycles. The van der Waals surface area contributed by atoms with E-state index in [2.05, 4.69) is 12.2 Å². The first kappa shape index (κ1) is 13.8. The first-order valence-electron chi connectivity index (χ1n) is 6.38. The van der Waals surface area contributed by atoms with Crippen LogP contribution in [0.15, 0.2) is 24.3 Å². The summed E-state index contributed by atoms with van der Waals surface area (Å²) in [6, 6.07) is 6.39. The molecule has 4 heteroatoms. The molecule has 1 heterocycles. The molecule has 2 rings (SSSR count). The molecule has 0 saturated carbocycles. The molecule has 1 aromatic carbocycles. The molecule has 1 aromatic rings. The number of halogens is 1. The number of thioether (sulfide) groups is 1. The molecule has 2 nitrogen and oxygen atoms in total. The third-order valence-electron chi connectivity index (χ3n) is 3.40. The van der Waals surface area contributed by atoms with Crippen LogP contribution in [0.2, 0.25) is 0 Å².